The van der Waals surface area contributed by atoms with Gasteiger partial charge in [0.05, 0.1) is 5.69 Å². The van der Waals surface area contributed by atoms with Crippen molar-refractivity contribution in [2.24, 2.45) is 10.9 Å². The summed E-state index contributed by atoms with van der Waals surface area (Å²) >= 11 is 0. The van der Waals surface area contributed by atoms with Crippen molar-refractivity contribution in [1.82, 2.24) is 4.90 Å². The maximum absolute atomic E-state index is 4.69. The van der Waals surface area contributed by atoms with Gasteiger partial charge in [-0.3, -0.25) is 9.89 Å². The molecule has 0 aromatic heterocycles. The Hall–Kier alpha value is -1.93. The van der Waals surface area contributed by atoms with E-state index in [4.69, 9.17) is 0 Å². The van der Waals surface area contributed by atoms with Crippen LogP contribution < -0.4 is 0 Å². The molecule has 2 heteroatoms. The molecule has 1 fully saturated rings. The summed E-state index contributed by atoms with van der Waals surface area (Å²) in [7, 11) is 0. The average Bonchev–Trinajstić information content (AvgIpc) is 2.93. The highest BCUT2D eigenvalue weighted by molar-refractivity contribution is 5.82. The first kappa shape index (κ1) is 14.0. The molecule has 2 aromatic rings. The summed E-state index contributed by atoms with van der Waals surface area (Å²) in [5.41, 5.74) is 3.54. The second kappa shape index (κ2) is 6.68. The SMILES string of the molecule is CC1CCN(Cc2ccccc2N=Cc2ccccc2)C1. The van der Waals surface area contributed by atoms with Crippen molar-refractivity contribution < 1.29 is 0 Å². The van der Waals surface area contributed by atoms with Gasteiger partial charge >= 0.3 is 0 Å². The summed E-state index contributed by atoms with van der Waals surface area (Å²) in [5, 5.41) is 0. The van der Waals surface area contributed by atoms with E-state index in [1.807, 2.05) is 24.4 Å². The van der Waals surface area contributed by atoms with Crippen molar-refractivity contribution in [3.05, 3.63) is 65.7 Å². The lowest BCUT2D eigenvalue weighted by atomic mass is 10.1. The fourth-order valence-corrected chi connectivity index (χ4v) is 2.86. The van der Waals surface area contributed by atoms with Gasteiger partial charge in [0.1, 0.15) is 0 Å². The summed E-state index contributed by atoms with van der Waals surface area (Å²) in [5.74, 6) is 0.824. The van der Waals surface area contributed by atoms with Gasteiger partial charge in [0.2, 0.25) is 0 Å². The van der Waals surface area contributed by atoms with Gasteiger partial charge in [-0.2, -0.15) is 0 Å². The minimum absolute atomic E-state index is 0.824. The van der Waals surface area contributed by atoms with Crippen LogP contribution in [-0.4, -0.2) is 24.2 Å². The summed E-state index contributed by atoms with van der Waals surface area (Å²) in [6.45, 7) is 5.75. The number of rotatable bonds is 4. The van der Waals surface area contributed by atoms with Crippen LogP contribution >= 0.6 is 0 Å². The molecule has 3 rings (SSSR count). The van der Waals surface area contributed by atoms with Crippen LogP contribution in [-0.2, 0) is 6.54 Å². The van der Waals surface area contributed by atoms with Gasteiger partial charge in [-0.1, -0.05) is 55.5 Å². The molecule has 21 heavy (non-hydrogen) atoms. The van der Waals surface area contributed by atoms with Gasteiger partial charge in [0.25, 0.3) is 0 Å². The van der Waals surface area contributed by atoms with E-state index in [-0.39, 0.29) is 0 Å². The molecule has 0 amide bonds. The van der Waals surface area contributed by atoms with E-state index < -0.39 is 0 Å². The monoisotopic (exact) mass is 278 g/mol. The first-order valence-electron chi connectivity index (χ1n) is 7.70. The Morgan fingerprint density at radius 1 is 1.10 bits per heavy atom. The zero-order chi connectivity index (χ0) is 14.5. The predicted molar refractivity (Wildman–Crippen MR) is 89.2 cm³/mol. The molecule has 0 aliphatic carbocycles. The second-order valence-electron chi connectivity index (χ2n) is 5.93. The second-order valence-corrected chi connectivity index (χ2v) is 5.93. The highest BCUT2D eigenvalue weighted by Crippen LogP contribution is 2.24. The lowest BCUT2D eigenvalue weighted by Crippen LogP contribution is -2.19. The molecule has 1 unspecified atom stereocenters. The number of likely N-dealkylation sites (tertiary alicyclic amines) is 1. The van der Waals surface area contributed by atoms with Crippen LogP contribution in [0.15, 0.2) is 59.6 Å². The zero-order valence-corrected chi connectivity index (χ0v) is 12.6. The van der Waals surface area contributed by atoms with E-state index in [9.17, 15) is 0 Å². The van der Waals surface area contributed by atoms with E-state index in [1.165, 1.54) is 25.1 Å². The van der Waals surface area contributed by atoms with Crippen molar-refractivity contribution in [1.29, 1.82) is 0 Å². The van der Waals surface area contributed by atoms with Crippen LogP contribution in [0, 0.1) is 5.92 Å². The van der Waals surface area contributed by atoms with Crippen molar-refractivity contribution in [3.8, 4) is 0 Å². The predicted octanol–water partition coefficient (Wildman–Crippen LogP) is 4.28. The smallest absolute Gasteiger partial charge is 0.0674 e. The molecule has 0 saturated carbocycles. The third kappa shape index (κ3) is 3.79. The maximum Gasteiger partial charge on any atom is 0.0674 e. The number of para-hydroxylation sites is 1. The van der Waals surface area contributed by atoms with Crippen LogP contribution in [0.1, 0.15) is 24.5 Å². The molecular formula is C19H22N2. The van der Waals surface area contributed by atoms with Gasteiger partial charge in [-0.15, -0.1) is 0 Å². The molecule has 0 N–H and O–H groups in total. The van der Waals surface area contributed by atoms with Gasteiger partial charge in [-0.05, 0) is 36.1 Å². The van der Waals surface area contributed by atoms with Gasteiger partial charge in [0, 0.05) is 19.3 Å². The number of aliphatic imine (C=N–C) groups is 1. The summed E-state index contributed by atoms with van der Waals surface area (Å²) in [4.78, 5) is 7.22. The number of hydrogen-bond donors (Lipinski definition) is 0. The van der Waals surface area contributed by atoms with Crippen molar-refractivity contribution in [2.45, 2.75) is 19.9 Å². The third-order valence-electron chi connectivity index (χ3n) is 4.05. The summed E-state index contributed by atoms with van der Waals surface area (Å²) in [6, 6.07) is 18.7. The number of nitrogens with zero attached hydrogens (tertiary/aromatic N) is 2. The minimum Gasteiger partial charge on any atom is -0.299 e. The van der Waals surface area contributed by atoms with Gasteiger partial charge in [-0.25, -0.2) is 0 Å². The van der Waals surface area contributed by atoms with E-state index in [0.717, 1.165) is 23.7 Å². The molecule has 2 aromatic carbocycles. The molecule has 2 nitrogen and oxygen atoms in total. The first-order valence-corrected chi connectivity index (χ1v) is 7.70. The highest BCUT2D eigenvalue weighted by Gasteiger charge is 2.19. The van der Waals surface area contributed by atoms with Crippen LogP contribution in [0.3, 0.4) is 0 Å². The molecule has 0 bridgehead atoms. The van der Waals surface area contributed by atoms with Crippen molar-refractivity contribution >= 4 is 11.9 Å². The topological polar surface area (TPSA) is 15.6 Å². The Morgan fingerprint density at radius 2 is 1.86 bits per heavy atom. The normalized spacial score (nSPS) is 19.4. The van der Waals surface area contributed by atoms with Crippen LogP contribution in [0.25, 0.3) is 0 Å². The molecule has 1 atom stereocenters. The Kier molecular flexibility index (Phi) is 4.46. The van der Waals surface area contributed by atoms with E-state index in [2.05, 4.69) is 53.2 Å². The molecule has 0 spiro atoms. The molecule has 108 valence electrons. The van der Waals surface area contributed by atoms with Crippen molar-refractivity contribution in [2.75, 3.05) is 13.1 Å². The highest BCUT2D eigenvalue weighted by atomic mass is 15.1. The van der Waals surface area contributed by atoms with Crippen LogP contribution in [0.2, 0.25) is 0 Å². The molecule has 1 aliphatic heterocycles. The molecular weight excluding hydrogens is 256 g/mol. The number of hydrogen-bond acceptors (Lipinski definition) is 2. The fourth-order valence-electron chi connectivity index (χ4n) is 2.86. The number of benzene rings is 2. The molecule has 0 radical (unpaired) electrons. The average molecular weight is 278 g/mol. The molecule has 1 heterocycles. The first-order chi connectivity index (χ1) is 10.3. The van der Waals surface area contributed by atoms with E-state index in [1.54, 1.807) is 0 Å². The summed E-state index contributed by atoms with van der Waals surface area (Å²) in [6.07, 6.45) is 3.26. The van der Waals surface area contributed by atoms with Crippen molar-refractivity contribution in [3.63, 3.8) is 0 Å². The summed E-state index contributed by atoms with van der Waals surface area (Å²) < 4.78 is 0. The Labute approximate surface area is 127 Å². The lowest BCUT2D eigenvalue weighted by molar-refractivity contribution is 0.321. The quantitative estimate of drug-likeness (QED) is 0.762. The van der Waals surface area contributed by atoms with Gasteiger partial charge in [0.15, 0.2) is 0 Å². The molecule has 1 saturated heterocycles. The minimum atomic E-state index is 0.824. The van der Waals surface area contributed by atoms with E-state index in [0.29, 0.717) is 0 Å². The lowest BCUT2D eigenvalue weighted by Gasteiger charge is -2.16. The Balaban J connectivity index is 1.75. The van der Waals surface area contributed by atoms with E-state index >= 15 is 0 Å². The largest absolute Gasteiger partial charge is 0.299 e. The third-order valence-corrected chi connectivity index (χ3v) is 4.05. The standard InChI is InChI=1S/C19H22N2/c1-16-11-12-21(14-16)15-18-9-5-6-10-19(18)20-13-17-7-3-2-4-8-17/h2-10,13,16H,11-12,14-15H2,1H3. The Bertz CT molecular complexity index is 604. The van der Waals surface area contributed by atoms with Crippen LogP contribution in [0.4, 0.5) is 5.69 Å². The van der Waals surface area contributed by atoms with Crippen LogP contribution in [0.5, 0.6) is 0 Å². The van der Waals surface area contributed by atoms with Gasteiger partial charge < -0.3 is 0 Å². The molecule has 1 aliphatic rings. The maximum atomic E-state index is 4.69. The zero-order valence-electron chi connectivity index (χ0n) is 12.6. The fraction of sp³-hybridized carbons (Fsp3) is 0.316. The Morgan fingerprint density at radius 3 is 2.62 bits per heavy atom.